The van der Waals surface area contributed by atoms with Crippen LogP contribution in [0.3, 0.4) is 0 Å². The molecule has 0 aromatic rings. The molecule has 1 saturated heterocycles. The fraction of sp³-hybridized carbons (Fsp3) is 0.857. The third-order valence-electron chi connectivity index (χ3n) is 1.73. The van der Waals surface area contributed by atoms with Crippen LogP contribution >= 0.6 is 0 Å². The molecule has 1 heterocycles. The van der Waals surface area contributed by atoms with Crippen molar-refractivity contribution < 1.29 is 9.53 Å². The molecule has 3 nitrogen and oxygen atoms in total. The Kier molecular flexibility index (Phi) is 2.68. The summed E-state index contributed by atoms with van der Waals surface area (Å²) in [4.78, 5) is 11.6. The minimum absolute atomic E-state index is 0.0220. The fourth-order valence-corrected chi connectivity index (χ4v) is 1.09. The zero-order valence-corrected chi connectivity index (χ0v) is 6.17. The second kappa shape index (κ2) is 3.56. The van der Waals surface area contributed by atoms with Gasteiger partial charge in [-0.2, -0.15) is 0 Å². The highest BCUT2D eigenvalue weighted by Gasteiger charge is 2.17. The summed E-state index contributed by atoms with van der Waals surface area (Å²) in [6, 6.07) is 0. The van der Waals surface area contributed by atoms with Crippen molar-refractivity contribution in [1.82, 2.24) is 4.90 Å². The minimum atomic E-state index is -0.0220. The van der Waals surface area contributed by atoms with Crippen molar-refractivity contribution in [2.45, 2.75) is 25.5 Å². The van der Waals surface area contributed by atoms with E-state index in [1.54, 1.807) is 13.5 Å². The molecule has 0 bridgehead atoms. The quantitative estimate of drug-likeness (QED) is 0.526. The van der Waals surface area contributed by atoms with Crippen LogP contribution in [0.4, 0.5) is 0 Å². The predicted molar refractivity (Wildman–Crippen MR) is 37.0 cm³/mol. The SMILES string of the molecule is CN([C]=O)C1CCCCO1. The van der Waals surface area contributed by atoms with Gasteiger partial charge in [0.2, 0.25) is 0 Å². The number of ether oxygens (including phenoxy) is 1. The fourth-order valence-electron chi connectivity index (χ4n) is 1.09. The second-order valence-electron chi connectivity index (χ2n) is 2.52. The van der Waals surface area contributed by atoms with E-state index in [4.69, 9.17) is 4.74 Å². The minimum Gasteiger partial charge on any atom is -0.358 e. The molecule has 10 heavy (non-hydrogen) atoms. The van der Waals surface area contributed by atoms with Crippen molar-refractivity contribution in [2.24, 2.45) is 0 Å². The summed E-state index contributed by atoms with van der Waals surface area (Å²) in [6.45, 7) is 0.774. The normalized spacial score (nSPS) is 25.9. The molecule has 0 aromatic heterocycles. The number of nitrogens with zero attached hydrogens (tertiary/aromatic N) is 1. The Balaban J connectivity index is 2.30. The average Bonchev–Trinajstić information content (AvgIpc) is 2.05. The molecule has 0 aromatic carbocycles. The highest BCUT2D eigenvalue weighted by Crippen LogP contribution is 2.13. The van der Waals surface area contributed by atoms with Gasteiger partial charge in [-0.25, -0.2) is 0 Å². The topological polar surface area (TPSA) is 29.5 Å². The van der Waals surface area contributed by atoms with Crippen LogP contribution in [0.2, 0.25) is 0 Å². The molecule has 1 amide bonds. The molecule has 0 N–H and O–H groups in total. The van der Waals surface area contributed by atoms with Gasteiger partial charge in [-0.05, 0) is 19.3 Å². The van der Waals surface area contributed by atoms with E-state index in [9.17, 15) is 4.79 Å². The van der Waals surface area contributed by atoms with E-state index in [1.165, 1.54) is 4.90 Å². The molecule has 3 heteroatoms. The first-order valence-electron chi connectivity index (χ1n) is 3.57. The lowest BCUT2D eigenvalue weighted by molar-refractivity contribution is -0.0477. The van der Waals surface area contributed by atoms with Gasteiger partial charge in [0.05, 0.1) is 0 Å². The smallest absolute Gasteiger partial charge is 0.313 e. The van der Waals surface area contributed by atoms with Gasteiger partial charge in [0.25, 0.3) is 0 Å². The van der Waals surface area contributed by atoms with Crippen LogP contribution in [-0.4, -0.2) is 31.2 Å². The van der Waals surface area contributed by atoms with Crippen LogP contribution in [0, 0.1) is 0 Å². The van der Waals surface area contributed by atoms with Crippen LogP contribution in [0.25, 0.3) is 0 Å². The average molecular weight is 142 g/mol. The van der Waals surface area contributed by atoms with E-state index in [0.29, 0.717) is 0 Å². The van der Waals surface area contributed by atoms with Gasteiger partial charge in [0.15, 0.2) is 0 Å². The molecule has 1 fully saturated rings. The summed E-state index contributed by atoms with van der Waals surface area (Å²) in [7, 11) is 1.70. The number of rotatable bonds is 2. The molecule has 1 aliphatic heterocycles. The predicted octanol–water partition coefficient (Wildman–Crippen LogP) is 0.512. The standard InChI is InChI=1S/C7H12NO2/c1-8(6-9)7-4-2-3-5-10-7/h7H,2-5H2,1H3. The molecule has 0 saturated carbocycles. The molecule has 1 aliphatic rings. The Bertz CT molecular complexity index is 110. The van der Waals surface area contributed by atoms with Crippen LogP contribution < -0.4 is 0 Å². The highest BCUT2D eigenvalue weighted by atomic mass is 16.5. The van der Waals surface area contributed by atoms with Crippen molar-refractivity contribution in [2.75, 3.05) is 13.7 Å². The third-order valence-corrected chi connectivity index (χ3v) is 1.73. The largest absolute Gasteiger partial charge is 0.358 e. The van der Waals surface area contributed by atoms with Gasteiger partial charge in [-0.1, -0.05) is 0 Å². The molecule has 1 radical (unpaired) electrons. The molecule has 57 valence electrons. The molecule has 0 spiro atoms. The molecule has 1 rings (SSSR count). The van der Waals surface area contributed by atoms with Gasteiger partial charge in [0.1, 0.15) is 6.23 Å². The van der Waals surface area contributed by atoms with Crippen molar-refractivity contribution in [1.29, 1.82) is 0 Å². The lowest BCUT2D eigenvalue weighted by Crippen LogP contribution is -2.35. The van der Waals surface area contributed by atoms with E-state index >= 15 is 0 Å². The number of hydrogen-bond donors (Lipinski definition) is 0. The van der Waals surface area contributed by atoms with E-state index in [2.05, 4.69) is 0 Å². The molecular weight excluding hydrogens is 130 g/mol. The number of carbonyl (C=O) groups excluding carboxylic acids is 1. The maximum Gasteiger partial charge on any atom is 0.313 e. The van der Waals surface area contributed by atoms with Crippen molar-refractivity contribution >= 4 is 6.41 Å². The summed E-state index contributed by atoms with van der Waals surface area (Å²) in [5.74, 6) is 0. The highest BCUT2D eigenvalue weighted by molar-refractivity contribution is 5.47. The Labute approximate surface area is 61.0 Å². The van der Waals surface area contributed by atoms with E-state index in [0.717, 1.165) is 25.9 Å². The van der Waals surface area contributed by atoms with Crippen LogP contribution in [0.15, 0.2) is 0 Å². The van der Waals surface area contributed by atoms with Gasteiger partial charge in [-0.15, -0.1) is 0 Å². The summed E-state index contributed by atoms with van der Waals surface area (Å²) in [6.07, 6.45) is 4.98. The van der Waals surface area contributed by atoms with Crippen LogP contribution in [-0.2, 0) is 9.53 Å². The van der Waals surface area contributed by atoms with Crippen LogP contribution in [0.5, 0.6) is 0 Å². The van der Waals surface area contributed by atoms with E-state index in [-0.39, 0.29) is 6.23 Å². The lowest BCUT2D eigenvalue weighted by atomic mass is 10.2. The number of hydrogen-bond acceptors (Lipinski definition) is 2. The maximum atomic E-state index is 10.1. The van der Waals surface area contributed by atoms with Crippen molar-refractivity contribution in [3.05, 3.63) is 0 Å². The zero-order valence-electron chi connectivity index (χ0n) is 6.17. The first kappa shape index (κ1) is 7.54. The van der Waals surface area contributed by atoms with Gasteiger partial charge in [0, 0.05) is 13.7 Å². The third kappa shape index (κ3) is 1.70. The van der Waals surface area contributed by atoms with E-state index < -0.39 is 0 Å². The summed E-state index contributed by atoms with van der Waals surface area (Å²) < 4.78 is 5.29. The summed E-state index contributed by atoms with van der Waals surface area (Å²) in [5, 5.41) is 0. The Morgan fingerprint density at radius 2 is 2.40 bits per heavy atom. The number of amides is 1. The molecular formula is C7H12NO2. The lowest BCUT2D eigenvalue weighted by Gasteiger charge is -2.27. The first-order valence-corrected chi connectivity index (χ1v) is 3.57. The van der Waals surface area contributed by atoms with Crippen LogP contribution in [0.1, 0.15) is 19.3 Å². The van der Waals surface area contributed by atoms with Gasteiger partial charge < -0.3 is 9.64 Å². The van der Waals surface area contributed by atoms with E-state index in [1.807, 2.05) is 0 Å². The molecule has 1 atom stereocenters. The van der Waals surface area contributed by atoms with Crippen molar-refractivity contribution in [3.8, 4) is 0 Å². The zero-order chi connectivity index (χ0) is 7.40. The Hall–Kier alpha value is -0.570. The molecule has 0 aliphatic carbocycles. The second-order valence-corrected chi connectivity index (χ2v) is 2.52. The Morgan fingerprint density at radius 1 is 1.60 bits per heavy atom. The van der Waals surface area contributed by atoms with Crippen molar-refractivity contribution in [3.63, 3.8) is 0 Å². The maximum absolute atomic E-state index is 10.1. The monoisotopic (exact) mass is 142 g/mol. The first-order chi connectivity index (χ1) is 4.84. The Morgan fingerprint density at radius 3 is 2.90 bits per heavy atom. The van der Waals surface area contributed by atoms with Gasteiger partial charge in [-0.3, -0.25) is 4.79 Å². The van der Waals surface area contributed by atoms with Gasteiger partial charge >= 0.3 is 6.41 Å². The summed E-state index contributed by atoms with van der Waals surface area (Å²) >= 11 is 0. The summed E-state index contributed by atoms with van der Waals surface area (Å²) in [5.41, 5.74) is 0. The molecule has 1 unspecified atom stereocenters.